The van der Waals surface area contributed by atoms with Gasteiger partial charge in [0, 0.05) is 31.1 Å². The third kappa shape index (κ3) is 2.69. The smallest absolute Gasteiger partial charge is 0.304 e. The molecule has 1 saturated heterocycles. The first kappa shape index (κ1) is 13.8. The number of carbonyl (C=O) groups is 1. The summed E-state index contributed by atoms with van der Waals surface area (Å²) in [5.74, 6) is -0.0625. The zero-order valence-electron chi connectivity index (χ0n) is 10.7. The summed E-state index contributed by atoms with van der Waals surface area (Å²) in [6.45, 7) is 2.80. The quantitative estimate of drug-likeness (QED) is 0.661. The predicted molar refractivity (Wildman–Crippen MR) is 71.5 cm³/mol. The molecule has 0 aromatic carbocycles. The highest BCUT2D eigenvalue weighted by molar-refractivity contribution is 7.16. The van der Waals surface area contributed by atoms with Crippen molar-refractivity contribution < 1.29 is 14.8 Å². The third-order valence-electron chi connectivity index (χ3n) is 3.07. The summed E-state index contributed by atoms with van der Waals surface area (Å²) in [5.41, 5.74) is -0.0433. The van der Waals surface area contributed by atoms with Gasteiger partial charge in [0.15, 0.2) is 5.00 Å². The van der Waals surface area contributed by atoms with Gasteiger partial charge in [-0.15, -0.1) is 11.3 Å². The molecule has 1 aliphatic rings. The van der Waals surface area contributed by atoms with E-state index in [9.17, 15) is 20.0 Å². The van der Waals surface area contributed by atoms with Crippen molar-refractivity contribution in [1.29, 1.82) is 0 Å². The predicted octanol–water partition coefficient (Wildman–Crippen LogP) is 0.988. The Labute approximate surface area is 114 Å². The van der Waals surface area contributed by atoms with Gasteiger partial charge >= 0.3 is 5.69 Å². The summed E-state index contributed by atoms with van der Waals surface area (Å²) in [6.07, 6.45) is -0.749. The van der Waals surface area contributed by atoms with Crippen molar-refractivity contribution in [3.05, 3.63) is 21.1 Å². The molecule has 0 bridgehead atoms. The molecule has 7 nitrogen and oxygen atoms in total. The molecule has 8 heteroatoms. The fourth-order valence-corrected chi connectivity index (χ4v) is 2.97. The van der Waals surface area contributed by atoms with Gasteiger partial charge in [0.2, 0.25) is 5.91 Å². The van der Waals surface area contributed by atoms with Gasteiger partial charge < -0.3 is 14.9 Å². The second kappa shape index (κ2) is 5.14. The lowest BCUT2D eigenvalue weighted by atomic mass is 10.3. The van der Waals surface area contributed by atoms with Crippen molar-refractivity contribution in [2.75, 3.05) is 31.6 Å². The Morgan fingerprint density at radius 2 is 2.21 bits per heavy atom. The molecule has 1 aromatic heterocycles. The largest absolute Gasteiger partial charge is 0.388 e. The monoisotopic (exact) mass is 285 g/mol. The molecule has 19 heavy (non-hydrogen) atoms. The molecule has 1 amide bonds. The second-order valence-corrected chi connectivity index (χ2v) is 5.57. The normalized spacial score (nSPS) is 17.7. The molecule has 1 N–H and O–H groups in total. The summed E-state index contributed by atoms with van der Waals surface area (Å²) in [7, 11) is 1.71. The molecule has 0 unspecified atom stereocenters. The summed E-state index contributed by atoms with van der Waals surface area (Å²) >= 11 is 1.17. The number of hydrogen-bond donors (Lipinski definition) is 1. The number of rotatable bonds is 3. The highest BCUT2D eigenvalue weighted by Gasteiger charge is 2.29. The van der Waals surface area contributed by atoms with Crippen LogP contribution >= 0.6 is 11.3 Å². The van der Waals surface area contributed by atoms with Gasteiger partial charge in [-0.3, -0.25) is 14.9 Å². The molecule has 2 rings (SSSR count). The number of aliphatic hydroxyl groups is 1. The van der Waals surface area contributed by atoms with E-state index in [1.54, 1.807) is 23.8 Å². The van der Waals surface area contributed by atoms with Crippen molar-refractivity contribution in [3.8, 4) is 0 Å². The molecular weight excluding hydrogens is 270 g/mol. The van der Waals surface area contributed by atoms with E-state index in [2.05, 4.69) is 0 Å². The Morgan fingerprint density at radius 3 is 2.74 bits per heavy atom. The van der Waals surface area contributed by atoms with Crippen LogP contribution in [-0.4, -0.2) is 47.5 Å². The maximum absolute atomic E-state index is 11.7. The molecule has 1 aliphatic heterocycles. The molecule has 0 radical (unpaired) electrons. The first-order chi connectivity index (χ1) is 8.90. The number of thiophene rings is 1. The average Bonchev–Trinajstić information content (AvgIpc) is 2.78. The van der Waals surface area contributed by atoms with Crippen LogP contribution in [0.3, 0.4) is 0 Å². The first-order valence-electron chi connectivity index (χ1n) is 5.85. The zero-order valence-corrected chi connectivity index (χ0v) is 11.5. The van der Waals surface area contributed by atoms with Crippen LogP contribution in [-0.2, 0) is 4.79 Å². The maximum atomic E-state index is 11.7. The van der Waals surface area contributed by atoms with Crippen molar-refractivity contribution in [2.24, 2.45) is 0 Å². The molecule has 104 valence electrons. The van der Waals surface area contributed by atoms with E-state index in [0.29, 0.717) is 23.0 Å². The molecule has 1 aromatic rings. The van der Waals surface area contributed by atoms with Crippen molar-refractivity contribution in [3.63, 3.8) is 0 Å². The molecule has 2 heterocycles. The van der Waals surface area contributed by atoms with Gasteiger partial charge in [0.05, 0.1) is 17.6 Å². The number of nitrogens with zero attached hydrogens (tertiary/aromatic N) is 3. The van der Waals surface area contributed by atoms with E-state index in [1.807, 2.05) is 0 Å². The van der Waals surface area contributed by atoms with E-state index in [-0.39, 0.29) is 18.1 Å². The zero-order chi connectivity index (χ0) is 14.2. The van der Waals surface area contributed by atoms with Gasteiger partial charge in [0.25, 0.3) is 0 Å². The topological polar surface area (TPSA) is 86.9 Å². The van der Waals surface area contributed by atoms with Gasteiger partial charge in [-0.1, -0.05) is 0 Å². The minimum absolute atomic E-state index is 0.0433. The molecule has 0 spiro atoms. The molecule has 0 saturated carbocycles. The number of likely N-dealkylation sites (N-methyl/N-ethyl adjacent to an activating group) is 1. The second-order valence-electron chi connectivity index (χ2n) is 4.51. The third-order valence-corrected chi connectivity index (χ3v) is 4.42. The number of aliphatic hydroxyl groups excluding tert-OH is 1. The van der Waals surface area contributed by atoms with E-state index in [1.165, 1.54) is 17.4 Å². The van der Waals surface area contributed by atoms with Gasteiger partial charge in [-0.2, -0.15) is 0 Å². The lowest BCUT2D eigenvalue weighted by molar-refractivity contribution is -0.383. The summed E-state index contributed by atoms with van der Waals surface area (Å²) in [5, 5.41) is 21.0. The van der Waals surface area contributed by atoms with E-state index in [4.69, 9.17) is 0 Å². The van der Waals surface area contributed by atoms with Crippen LogP contribution in [0.25, 0.3) is 0 Å². The maximum Gasteiger partial charge on any atom is 0.304 e. The van der Waals surface area contributed by atoms with E-state index in [0.717, 1.165) is 0 Å². The number of nitro groups is 1. The Kier molecular flexibility index (Phi) is 3.72. The lowest BCUT2D eigenvalue weighted by Crippen LogP contribution is -2.48. The van der Waals surface area contributed by atoms with Crippen LogP contribution in [0.1, 0.15) is 17.9 Å². The number of piperazine rings is 1. The van der Waals surface area contributed by atoms with Crippen molar-refractivity contribution in [2.45, 2.75) is 13.0 Å². The van der Waals surface area contributed by atoms with Gasteiger partial charge in [0.1, 0.15) is 0 Å². The first-order valence-corrected chi connectivity index (χ1v) is 6.67. The van der Waals surface area contributed by atoms with Gasteiger partial charge in [-0.05, 0) is 6.92 Å². The van der Waals surface area contributed by atoms with Crippen LogP contribution in [0.15, 0.2) is 6.07 Å². The van der Waals surface area contributed by atoms with Crippen LogP contribution < -0.4 is 4.90 Å². The molecule has 1 fully saturated rings. The minimum atomic E-state index is -0.749. The number of amides is 1. The Bertz CT molecular complexity index is 514. The molecular formula is C11H15N3O4S. The average molecular weight is 285 g/mol. The van der Waals surface area contributed by atoms with Gasteiger partial charge in [-0.25, -0.2) is 0 Å². The minimum Gasteiger partial charge on any atom is -0.388 e. The number of hydrogen-bond acceptors (Lipinski definition) is 6. The lowest BCUT2D eigenvalue weighted by Gasteiger charge is -2.32. The van der Waals surface area contributed by atoms with Crippen LogP contribution in [0, 0.1) is 10.1 Å². The highest BCUT2D eigenvalue weighted by Crippen LogP contribution is 2.40. The van der Waals surface area contributed by atoms with E-state index < -0.39 is 11.0 Å². The SMILES string of the molecule is C[C@@H](O)c1cc([N+](=O)[O-])c(N2CCN(C)C(=O)C2)s1. The Morgan fingerprint density at radius 1 is 1.53 bits per heavy atom. The van der Waals surface area contributed by atoms with E-state index >= 15 is 0 Å². The van der Waals surface area contributed by atoms with Crippen LogP contribution in [0.2, 0.25) is 0 Å². The Hall–Kier alpha value is -1.67. The van der Waals surface area contributed by atoms with Crippen molar-refractivity contribution >= 4 is 27.9 Å². The standard InChI is InChI=1S/C11H15N3O4S/c1-7(15)9-5-8(14(17)18)11(19-9)13-4-3-12(2)10(16)6-13/h5,7,15H,3-4,6H2,1-2H3/t7-/m1/s1. The number of carbonyl (C=O) groups excluding carboxylic acids is 1. The van der Waals surface area contributed by atoms with Crippen LogP contribution in [0.5, 0.6) is 0 Å². The number of anilines is 1. The highest BCUT2D eigenvalue weighted by atomic mass is 32.1. The van der Waals surface area contributed by atoms with Crippen molar-refractivity contribution in [1.82, 2.24) is 4.90 Å². The summed E-state index contributed by atoms with van der Waals surface area (Å²) in [4.78, 5) is 26.1. The fourth-order valence-electron chi connectivity index (χ4n) is 1.88. The molecule has 1 atom stereocenters. The molecule has 0 aliphatic carbocycles. The summed E-state index contributed by atoms with van der Waals surface area (Å²) in [6, 6.07) is 1.38. The fraction of sp³-hybridized carbons (Fsp3) is 0.545. The summed E-state index contributed by atoms with van der Waals surface area (Å²) < 4.78 is 0. The van der Waals surface area contributed by atoms with Crippen LogP contribution in [0.4, 0.5) is 10.7 Å². The Balaban J connectivity index is 2.33.